The second-order valence-corrected chi connectivity index (χ2v) is 13.3. The third-order valence-corrected chi connectivity index (χ3v) is 9.89. The number of nitrogens with zero attached hydrogens (tertiary/aromatic N) is 7. The number of aromatic nitrogens is 3. The third kappa shape index (κ3) is 7.23. The predicted octanol–water partition coefficient (Wildman–Crippen LogP) is 3.94. The normalized spacial score (nSPS) is 21.7. The van der Waals surface area contributed by atoms with Crippen LogP contribution in [-0.2, 0) is 9.47 Å². The predicted molar refractivity (Wildman–Crippen MR) is 185 cm³/mol. The molecule has 2 unspecified atom stereocenters. The van der Waals surface area contributed by atoms with E-state index in [2.05, 4.69) is 39.4 Å². The number of ether oxygens (including phenoxy) is 2. The van der Waals surface area contributed by atoms with E-state index < -0.39 is 0 Å². The zero-order chi connectivity index (χ0) is 33.0. The molecule has 3 aromatic rings. The number of morpholine rings is 2. The van der Waals surface area contributed by atoms with E-state index >= 15 is 0 Å². The maximum atomic E-state index is 13.0. The molecule has 0 spiro atoms. The highest BCUT2D eigenvalue weighted by atomic mass is 16.5. The van der Waals surface area contributed by atoms with Crippen LogP contribution >= 0.6 is 0 Å². The van der Waals surface area contributed by atoms with Crippen molar-refractivity contribution in [3.8, 4) is 11.4 Å². The highest BCUT2D eigenvalue weighted by molar-refractivity contribution is 6.00. The van der Waals surface area contributed by atoms with Crippen LogP contribution in [0.1, 0.15) is 42.5 Å². The Morgan fingerprint density at radius 2 is 1.35 bits per heavy atom. The second kappa shape index (κ2) is 14.4. The third-order valence-electron chi connectivity index (χ3n) is 9.89. The number of rotatable bonds is 7. The Morgan fingerprint density at radius 3 is 1.98 bits per heavy atom. The van der Waals surface area contributed by atoms with Gasteiger partial charge in [-0.3, -0.25) is 4.79 Å². The summed E-state index contributed by atoms with van der Waals surface area (Å²) in [6.07, 6.45) is 5.26. The molecule has 2 N–H and O–H groups in total. The summed E-state index contributed by atoms with van der Waals surface area (Å²) < 4.78 is 11.5. The van der Waals surface area contributed by atoms with E-state index in [-0.39, 0.29) is 24.0 Å². The lowest BCUT2D eigenvalue weighted by Crippen LogP contribution is -2.56. The van der Waals surface area contributed by atoms with Crippen LogP contribution in [0.25, 0.3) is 11.4 Å². The van der Waals surface area contributed by atoms with Crippen molar-refractivity contribution in [2.24, 2.45) is 0 Å². The van der Waals surface area contributed by atoms with Crippen LogP contribution in [0.5, 0.6) is 0 Å². The monoisotopic (exact) mass is 655 g/mol. The first-order valence-corrected chi connectivity index (χ1v) is 17.1. The molecule has 1 aromatic heterocycles. The van der Waals surface area contributed by atoms with Gasteiger partial charge in [0.15, 0.2) is 5.82 Å². The van der Waals surface area contributed by atoms with E-state index in [1.807, 2.05) is 29.2 Å². The van der Waals surface area contributed by atoms with Gasteiger partial charge in [0.2, 0.25) is 11.9 Å². The molecule has 5 heterocycles. The summed E-state index contributed by atoms with van der Waals surface area (Å²) in [5.41, 5.74) is 2.70. The Bertz CT molecular complexity index is 1550. The molecule has 7 rings (SSSR count). The van der Waals surface area contributed by atoms with Gasteiger partial charge in [-0.1, -0.05) is 0 Å². The van der Waals surface area contributed by atoms with Crippen molar-refractivity contribution in [1.82, 2.24) is 24.8 Å². The molecule has 13 nitrogen and oxygen atoms in total. The number of hydrogen-bond acceptors (Lipinski definition) is 10. The average Bonchev–Trinajstić information content (AvgIpc) is 3.12. The largest absolute Gasteiger partial charge is 0.378 e. The number of piperidine rings is 2. The fourth-order valence-electron chi connectivity index (χ4n) is 7.12. The molecule has 13 heteroatoms. The molecule has 254 valence electrons. The second-order valence-electron chi connectivity index (χ2n) is 13.3. The zero-order valence-corrected chi connectivity index (χ0v) is 27.8. The Kier molecular flexibility index (Phi) is 9.68. The highest BCUT2D eigenvalue weighted by Crippen LogP contribution is 2.33. The first-order valence-electron chi connectivity index (χ1n) is 17.1. The van der Waals surface area contributed by atoms with Crippen LogP contribution in [0.2, 0.25) is 0 Å². The quantitative estimate of drug-likeness (QED) is 0.386. The molecule has 2 atom stereocenters. The van der Waals surface area contributed by atoms with Crippen LogP contribution in [0, 0.1) is 0 Å². The first kappa shape index (κ1) is 32.2. The summed E-state index contributed by atoms with van der Waals surface area (Å²) >= 11 is 0. The molecule has 4 fully saturated rings. The van der Waals surface area contributed by atoms with Crippen molar-refractivity contribution in [2.75, 3.05) is 87.1 Å². The Morgan fingerprint density at radius 1 is 0.750 bits per heavy atom. The van der Waals surface area contributed by atoms with Crippen molar-refractivity contribution in [2.45, 2.75) is 50.2 Å². The van der Waals surface area contributed by atoms with E-state index in [0.717, 1.165) is 57.4 Å². The van der Waals surface area contributed by atoms with Crippen LogP contribution in [0.3, 0.4) is 0 Å². The zero-order valence-electron chi connectivity index (χ0n) is 27.8. The van der Waals surface area contributed by atoms with Crippen LogP contribution in [0.15, 0.2) is 48.5 Å². The number of nitrogens with one attached hydrogen (secondary N) is 2. The van der Waals surface area contributed by atoms with E-state index in [1.54, 1.807) is 24.3 Å². The number of hydrogen-bond donors (Lipinski definition) is 2. The summed E-state index contributed by atoms with van der Waals surface area (Å²) in [5.74, 6) is 1.98. The van der Waals surface area contributed by atoms with Gasteiger partial charge >= 0.3 is 6.03 Å². The molecular weight excluding hydrogens is 610 g/mol. The maximum Gasteiger partial charge on any atom is 0.323 e. The van der Waals surface area contributed by atoms with Crippen LogP contribution < -0.4 is 20.4 Å². The lowest BCUT2D eigenvalue weighted by molar-refractivity contribution is 0.0452. The summed E-state index contributed by atoms with van der Waals surface area (Å²) in [5, 5.41) is 5.76. The van der Waals surface area contributed by atoms with Gasteiger partial charge in [-0.25, -0.2) is 4.79 Å². The van der Waals surface area contributed by atoms with E-state index in [4.69, 9.17) is 24.4 Å². The van der Waals surface area contributed by atoms with Crippen molar-refractivity contribution in [3.63, 3.8) is 0 Å². The minimum Gasteiger partial charge on any atom is -0.378 e. The topological polar surface area (TPSA) is 128 Å². The van der Waals surface area contributed by atoms with E-state index in [0.29, 0.717) is 67.1 Å². The summed E-state index contributed by atoms with van der Waals surface area (Å²) in [6.45, 7) is 5.61. The molecule has 2 aromatic carbocycles. The number of urea groups is 1. The summed E-state index contributed by atoms with van der Waals surface area (Å²) in [6, 6.07) is 15.2. The number of carbonyl (C=O) groups is 2. The lowest BCUT2D eigenvalue weighted by Gasteiger charge is -2.45. The molecule has 4 aliphatic rings. The molecular formula is C35H45N9O4. The van der Waals surface area contributed by atoms with Gasteiger partial charge in [0.25, 0.3) is 5.91 Å². The number of fused-ring (bicyclic) bond motifs is 2. The Hall–Kier alpha value is -4.33. The fraction of sp³-hybridized carbons (Fsp3) is 0.514. The van der Waals surface area contributed by atoms with Gasteiger partial charge < -0.3 is 39.7 Å². The van der Waals surface area contributed by atoms with Gasteiger partial charge in [-0.2, -0.15) is 15.0 Å². The standard InChI is InChI=1S/C35H45N9O4/c1-41(2)28-14-16-42(17-15-28)32(45)25-8-12-27(13-9-25)37-35(46)36-26-10-6-24(7-11-26)31-38-33(43-18-20-47-21-19-43)40-34(39-31)44-29-4-3-5-30(44)23-48-22-29/h6-13,28-30H,3-5,14-23H2,1-2H3,(H2,36,37,46). The van der Waals surface area contributed by atoms with Crippen LogP contribution in [-0.4, -0.2) is 122 Å². The molecule has 0 radical (unpaired) electrons. The van der Waals surface area contributed by atoms with Crippen molar-refractivity contribution < 1.29 is 19.1 Å². The number of amides is 3. The highest BCUT2D eigenvalue weighted by Gasteiger charge is 2.37. The Labute approximate surface area is 281 Å². The van der Waals surface area contributed by atoms with E-state index in [9.17, 15) is 9.59 Å². The molecule has 3 amide bonds. The molecule has 4 aliphatic heterocycles. The van der Waals surface area contributed by atoms with Gasteiger partial charge in [0.1, 0.15) is 0 Å². The fourth-order valence-corrected chi connectivity index (χ4v) is 7.12. The molecule has 0 aliphatic carbocycles. The van der Waals surface area contributed by atoms with Gasteiger partial charge in [-0.05, 0) is 94.7 Å². The molecule has 0 saturated carbocycles. The minimum absolute atomic E-state index is 0.0264. The SMILES string of the molecule is CN(C)C1CCN(C(=O)c2ccc(NC(=O)Nc3ccc(-c4nc(N5CCOCC5)nc(N5C6CCCC5COC6)n4)cc3)cc2)CC1. The van der Waals surface area contributed by atoms with Crippen LogP contribution in [0.4, 0.5) is 28.1 Å². The molecule has 2 bridgehead atoms. The summed E-state index contributed by atoms with van der Waals surface area (Å²) in [7, 11) is 4.17. The number of carbonyl (C=O) groups excluding carboxylic acids is 2. The summed E-state index contributed by atoms with van der Waals surface area (Å²) in [4.78, 5) is 49.3. The smallest absolute Gasteiger partial charge is 0.323 e. The van der Waals surface area contributed by atoms with Gasteiger partial charge in [-0.15, -0.1) is 0 Å². The van der Waals surface area contributed by atoms with Crippen molar-refractivity contribution in [1.29, 1.82) is 0 Å². The van der Waals surface area contributed by atoms with E-state index in [1.165, 1.54) is 6.42 Å². The van der Waals surface area contributed by atoms with Gasteiger partial charge in [0, 0.05) is 54.7 Å². The Balaban J connectivity index is 1.00. The average molecular weight is 656 g/mol. The van der Waals surface area contributed by atoms with Crippen molar-refractivity contribution in [3.05, 3.63) is 54.1 Å². The minimum atomic E-state index is -0.372. The maximum absolute atomic E-state index is 13.0. The number of benzene rings is 2. The first-order chi connectivity index (χ1) is 23.4. The molecule has 48 heavy (non-hydrogen) atoms. The lowest BCUT2D eigenvalue weighted by atomic mass is 9.95. The van der Waals surface area contributed by atoms with Crippen molar-refractivity contribution >= 4 is 35.2 Å². The number of likely N-dealkylation sites (tertiary alicyclic amines) is 1. The molecule has 4 saturated heterocycles. The van der Waals surface area contributed by atoms with Gasteiger partial charge in [0.05, 0.1) is 38.5 Å². The number of anilines is 4.